The van der Waals surface area contributed by atoms with E-state index in [0.717, 1.165) is 50.2 Å². The van der Waals surface area contributed by atoms with Crippen LogP contribution in [0, 0.1) is 0 Å². The lowest BCUT2D eigenvalue weighted by Gasteiger charge is -2.23. The largest absolute Gasteiger partial charge is 0.478 e. The first-order chi connectivity index (χ1) is 12.8. The molecule has 26 heavy (non-hydrogen) atoms. The molecule has 0 unspecified atom stereocenters. The molecule has 0 amide bonds. The van der Waals surface area contributed by atoms with Gasteiger partial charge in [-0.15, -0.1) is 0 Å². The van der Waals surface area contributed by atoms with Gasteiger partial charge < -0.3 is 19.9 Å². The van der Waals surface area contributed by atoms with Crippen LogP contribution in [0.5, 0.6) is 5.88 Å². The van der Waals surface area contributed by atoms with E-state index in [0.29, 0.717) is 18.5 Å². The van der Waals surface area contributed by atoms with Crippen LogP contribution in [0.4, 0.5) is 17.6 Å². The molecule has 2 aliphatic rings. The highest BCUT2D eigenvalue weighted by Crippen LogP contribution is 2.25. The number of aromatic nitrogens is 4. The van der Waals surface area contributed by atoms with Crippen molar-refractivity contribution in [2.45, 2.75) is 32.2 Å². The predicted octanol–water partition coefficient (Wildman–Crippen LogP) is 1.96. The third kappa shape index (κ3) is 4.12. The Hall–Kier alpha value is -2.64. The van der Waals surface area contributed by atoms with Crippen molar-refractivity contribution >= 4 is 17.6 Å². The number of hydrogen-bond acceptors (Lipinski definition) is 8. The van der Waals surface area contributed by atoms with Gasteiger partial charge in [-0.2, -0.15) is 4.98 Å². The fourth-order valence-corrected chi connectivity index (χ4v) is 3.10. The Kier molecular flexibility index (Phi) is 4.99. The molecule has 0 radical (unpaired) electrons. The van der Waals surface area contributed by atoms with Crippen molar-refractivity contribution < 1.29 is 4.74 Å². The van der Waals surface area contributed by atoms with Crippen molar-refractivity contribution in [3.63, 3.8) is 0 Å². The van der Waals surface area contributed by atoms with Crippen molar-refractivity contribution in [1.29, 1.82) is 0 Å². The highest BCUT2D eigenvalue weighted by Gasteiger charge is 2.22. The average Bonchev–Trinajstić information content (AvgIpc) is 3.49. The van der Waals surface area contributed by atoms with Gasteiger partial charge >= 0.3 is 0 Å². The minimum Gasteiger partial charge on any atom is -0.478 e. The van der Waals surface area contributed by atoms with E-state index in [1.54, 1.807) is 18.6 Å². The molecule has 1 saturated carbocycles. The summed E-state index contributed by atoms with van der Waals surface area (Å²) in [6.07, 6.45) is 6.91. The van der Waals surface area contributed by atoms with Crippen LogP contribution < -0.4 is 19.9 Å². The molecule has 0 aromatic carbocycles. The maximum Gasteiger partial charge on any atom is 0.228 e. The Morgan fingerprint density at radius 1 is 1.12 bits per heavy atom. The number of ether oxygens (including phenoxy) is 1. The van der Waals surface area contributed by atoms with Crippen LogP contribution in [-0.2, 0) is 0 Å². The first-order valence-electron chi connectivity index (χ1n) is 9.36. The minimum absolute atomic E-state index is 0.590. The Bertz CT molecular complexity index is 737. The third-order valence-corrected chi connectivity index (χ3v) is 4.59. The summed E-state index contributed by atoms with van der Waals surface area (Å²) in [6.45, 7) is 6.17. The van der Waals surface area contributed by atoms with Crippen molar-refractivity contribution in [3.05, 3.63) is 24.7 Å². The highest BCUT2D eigenvalue weighted by molar-refractivity contribution is 5.50. The molecule has 2 aromatic rings. The van der Waals surface area contributed by atoms with Crippen LogP contribution in [0.1, 0.15) is 26.2 Å². The van der Waals surface area contributed by atoms with Gasteiger partial charge in [0.05, 0.1) is 6.61 Å². The van der Waals surface area contributed by atoms with E-state index in [2.05, 4.69) is 41.1 Å². The van der Waals surface area contributed by atoms with Crippen LogP contribution in [0.25, 0.3) is 0 Å². The Morgan fingerprint density at radius 3 is 2.81 bits per heavy atom. The molecule has 2 fully saturated rings. The summed E-state index contributed by atoms with van der Waals surface area (Å²) in [4.78, 5) is 22.3. The fraction of sp³-hybridized carbons (Fsp3) is 0.556. The molecule has 1 aliphatic heterocycles. The van der Waals surface area contributed by atoms with Crippen molar-refractivity contribution in [2.75, 3.05) is 47.9 Å². The van der Waals surface area contributed by atoms with Crippen LogP contribution in [-0.4, -0.2) is 58.8 Å². The van der Waals surface area contributed by atoms with Gasteiger partial charge in [-0.1, -0.05) is 0 Å². The maximum atomic E-state index is 5.50. The van der Waals surface area contributed by atoms with Gasteiger partial charge in [0.25, 0.3) is 0 Å². The fourth-order valence-electron chi connectivity index (χ4n) is 3.10. The molecule has 1 aliphatic carbocycles. The first-order valence-corrected chi connectivity index (χ1v) is 9.36. The molecule has 0 atom stereocenters. The maximum absolute atomic E-state index is 5.50. The molecule has 0 spiro atoms. The molecule has 0 bridgehead atoms. The number of anilines is 3. The molecule has 138 valence electrons. The summed E-state index contributed by atoms with van der Waals surface area (Å²) < 4.78 is 5.50. The van der Waals surface area contributed by atoms with Gasteiger partial charge in [0.1, 0.15) is 18.0 Å². The lowest BCUT2D eigenvalue weighted by Crippen LogP contribution is -2.32. The second-order valence-electron chi connectivity index (χ2n) is 6.64. The number of nitrogens with zero attached hydrogens (tertiary/aromatic N) is 6. The van der Waals surface area contributed by atoms with Gasteiger partial charge in [-0.05, 0) is 26.2 Å². The number of rotatable bonds is 6. The van der Waals surface area contributed by atoms with E-state index < -0.39 is 0 Å². The quantitative estimate of drug-likeness (QED) is 0.842. The van der Waals surface area contributed by atoms with Crippen LogP contribution in [0.3, 0.4) is 0 Å². The second kappa shape index (κ2) is 7.72. The molecule has 1 N–H and O–H groups in total. The summed E-state index contributed by atoms with van der Waals surface area (Å²) in [5, 5.41) is 3.44. The monoisotopic (exact) mass is 355 g/mol. The van der Waals surface area contributed by atoms with Gasteiger partial charge in [0, 0.05) is 50.6 Å². The predicted molar refractivity (Wildman–Crippen MR) is 101 cm³/mol. The summed E-state index contributed by atoms with van der Waals surface area (Å²) in [5.41, 5.74) is 0. The Morgan fingerprint density at radius 2 is 1.96 bits per heavy atom. The van der Waals surface area contributed by atoms with Crippen molar-refractivity contribution in [3.8, 4) is 5.88 Å². The number of nitrogens with one attached hydrogen (secondary N) is 1. The van der Waals surface area contributed by atoms with Gasteiger partial charge in [-0.3, -0.25) is 0 Å². The Labute approximate surface area is 153 Å². The summed E-state index contributed by atoms with van der Waals surface area (Å²) >= 11 is 0. The molecular formula is C18H25N7O. The summed E-state index contributed by atoms with van der Waals surface area (Å²) in [6, 6.07) is 4.44. The van der Waals surface area contributed by atoms with E-state index in [1.165, 1.54) is 12.8 Å². The van der Waals surface area contributed by atoms with Crippen molar-refractivity contribution in [2.24, 2.45) is 0 Å². The summed E-state index contributed by atoms with van der Waals surface area (Å²) in [7, 11) is 0. The smallest absolute Gasteiger partial charge is 0.228 e. The molecule has 8 heteroatoms. The molecule has 8 nitrogen and oxygen atoms in total. The Balaban J connectivity index is 1.42. The van der Waals surface area contributed by atoms with E-state index in [4.69, 9.17) is 4.74 Å². The van der Waals surface area contributed by atoms with E-state index >= 15 is 0 Å². The topological polar surface area (TPSA) is 79.3 Å². The molecule has 1 saturated heterocycles. The molecule has 4 rings (SSSR count). The summed E-state index contributed by atoms with van der Waals surface area (Å²) in [5.74, 6) is 3.27. The normalized spacial score (nSPS) is 17.7. The zero-order valence-corrected chi connectivity index (χ0v) is 15.1. The third-order valence-electron chi connectivity index (χ3n) is 4.59. The van der Waals surface area contributed by atoms with Gasteiger partial charge in [-0.25, -0.2) is 15.0 Å². The lowest BCUT2D eigenvalue weighted by atomic mass is 10.3. The zero-order valence-electron chi connectivity index (χ0n) is 15.1. The highest BCUT2D eigenvalue weighted by atomic mass is 16.5. The molecule has 3 heterocycles. The van der Waals surface area contributed by atoms with E-state index in [-0.39, 0.29) is 0 Å². The van der Waals surface area contributed by atoms with E-state index in [1.807, 2.05) is 6.92 Å². The zero-order chi connectivity index (χ0) is 17.8. The van der Waals surface area contributed by atoms with Gasteiger partial charge in [0.2, 0.25) is 11.8 Å². The van der Waals surface area contributed by atoms with Crippen LogP contribution >= 0.6 is 0 Å². The molecule has 2 aromatic heterocycles. The minimum atomic E-state index is 0.590. The van der Waals surface area contributed by atoms with Crippen molar-refractivity contribution in [1.82, 2.24) is 19.9 Å². The SMILES string of the molecule is CCOc1ccnc(N2CCCN(c3cc(NC4CC4)ncn3)CC2)n1. The number of hydrogen-bond donors (Lipinski definition) is 1. The lowest BCUT2D eigenvalue weighted by molar-refractivity contribution is 0.326. The van der Waals surface area contributed by atoms with Crippen LogP contribution in [0.15, 0.2) is 24.7 Å². The van der Waals surface area contributed by atoms with Crippen LogP contribution in [0.2, 0.25) is 0 Å². The van der Waals surface area contributed by atoms with Gasteiger partial charge in [0.15, 0.2) is 0 Å². The average molecular weight is 355 g/mol. The standard InChI is InChI=1S/C18H25N7O/c1-2-26-17-6-7-19-18(23-17)25-9-3-8-24(10-11-25)16-12-15(20-13-21-16)22-14-4-5-14/h6-7,12-14H,2-5,8-11H2,1H3,(H,20,21,22). The second-order valence-corrected chi connectivity index (χ2v) is 6.64. The van der Waals surface area contributed by atoms with E-state index in [9.17, 15) is 0 Å². The molecular weight excluding hydrogens is 330 g/mol. The first kappa shape index (κ1) is 16.8.